The van der Waals surface area contributed by atoms with Gasteiger partial charge in [-0.3, -0.25) is 4.79 Å². The highest BCUT2D eigenvalue weighted by molar-refractivity contribution is 5.92. The molecule has 2 fully saturated rings. The fourth-order valence-corrected chi connectivity index (χ4v) is 8.36. The van der Waals surface area contributed by atoms with Crippen molar-refractivity contribution in [3.63, 3.8) is 0 Å². The summed E-state index contributed by atoms with van der Waals surface area (Å²) in [5, 5.41) is 0. The summed E-state index contributed by atoms with van der Waals surface area (Å²) in [7, 11) is 0. The van der Waals surface area contributed by atoms with E-state index in [1.807, 2.05) is 6.08 Å². The van der Waals surface area contributed by atoms with Crippen molar-refractivity contribution < 1.29 is 4.79 Å². The van der Waals surface area contributed by atoms with Gasteiger partial charge in [-0.05, 0) is 117 Å². The Kier molecular flexibility index (Phi) is 5.97. The summed E-state index contributed by atoms with van der Waals surface area (Å²) in [4.78, 5) is 12.0. The predicted octanol–water partition coefficient (Wildman–Crippen LogP) is 8.07. The normalized spacial score (nSPS) is 40.9. The summed E-state index contributed by atoms with van der Waals surface area (Å²) in [6.45, 7) is 14.6. The Labute approximate surface area is 185 Å². The number of rotatable bonds is 5. The molecule has 0 amide bonds. The van der Waals surface area contributed by atoms with E-state index in [9.17, 15) is 4.79 Å². The van der Waals surface area contributed by atoms with Crippen molar-refractivity contribution in [1.29, 1.82) is 0 Å². The molecule has 1 unspecified atom stereocenters. The van der Waals surface area contributed by atoms with Crippen molar-refractivity contribution in [2.45, 2.75) is 99.3 Å². The van der Waals surface area contributed by atoms with Crippen LogP contribution >= 0.6 is 0 Å². The molecule has 0 saturated heterocycles. The average molecular weight is 409 g/mol. The number of hydrogen-bond donors (Lipinski definition) is 0. The van der Waals surface area contributed by atoms with Crippen LogP contribution in [0.15, 0.2) is 34.9 Å². The van der Waals surface area contributed by atoms with E-state index in [1.165, 1.54) is 56.1 Å². The number of fused-ring (bicyclic) bond motifs is 5. The summed E-state index contributed by atoms with van der Waals surface area (Å²) in [6, 6.07) is 0. The lowest BCUT2D eigenvalue weighted by Gasteiger charge is -2.56. The zero-order valence-corrected chi connectivity index (χ0v) is 20.4. The summed E-state index contributed by atoms with van der Waals surface area (Å²) in [5.74, 6) is 4.34. The highest BCUT2D eigenvalue weighted by Gasteiger charge is 2.58. The van der Waals surface area contributed by atoms with Gasteiger partial charge in [0, 0.05) is 6.42 Å². The first-order valence-corrected chi connectivity index (χ1v) is 12.8. The van der Waals surface area contributed by atoms with Gasteiger partial charge in [0.2, 0.25) is 0 Å². The molecule has 0 aliphatic heterocycles. The van der Waals surface area contributed by atoms with Crippen molar-refractivity contribution in [3.8, 4) is 0 Å². The van der Waals surface area contributed by atoms with Crippen LogP contribution in [0.25, 0.3) is 0 Å². The Morgan fingerprint density at radius 1 is 1.13 bits per heavy atom. The largest absolute Gasteiger partial charge is 0.295 e. The third-order valence-corrected chi connectivity index (χ3v) is 10.3. The van der Waals surface area contributed by atoms with Crippen molar-refractivity contribution in [2.24, 2.45) is 40.4 Å². The molecule has 4 aliphatic carbocycles. The number of carbonyl (C=O) groups is 1. The maximum atomic E-state index is 12.0. The lowest BCUT2D eigenvalue weighted by Crippen LogP contribution is -2.49. The summed E-state index contributed by atoms with van der Waals surface area (Å²) >= 11 is 0. The van der Waals surface area contributed by atoms with Gasteiger partial charge in [-0.15, -0.1) is 0 Å². The summed E-state index contributed by atoms with van der Waals surface area (Å²) < 4.78 is 0. The van der Waals surface area contributed by atoms with Crippen LogP contribution in [-0.4, -0.2) is 5.78 Å². The molecule has 0 aromatic rings. The second kappa shape index (κ2) is 8.10. The van der Waals surface area contributed by atoms with Gasteiger partial charge in [-0.1, -0.05) is 51.0 Å². The average Bonchev–Trinajstić information content (AvgIpc) is 3.06. The maximum Gasteiger partial charge on any atom is 0.156 e. The summed E-state index contributed by atoms with van der Waals surface area (Å²) in [5.41, 5.74) is 5.29. The third kappa shape index (κ3) is 3.49. The third-order valence-electron chi connectivity index (χ3n) is 10.3. The molecular weight excluding hydrogens is 364 g/mol. The van der Waals surface area contributed by atoms with Crippen LogP contribution in [0.2, 0.25) is 0 Å². The molecule has 0 aromatic carbocycles. The number of carbonyl (C=O) groups excluding carboxylic acids is 1. The van der Waals surface area contributed by atoms with Gasteiger partial charge >= 0.3 is 0 Å². The van der Waals surface area contributed by atoms with E-state index in [4.69, 9.17) is 0 Å². The number of hydrogen-bond acceptors (Lipinski definition) is 1. The molecule has 1 nitrogen and oxygen atoms in total. The van der Waals surface area contributed by atoms with Gasteiger partial charge in [-0.25, -0.2) is 0 Å². The van der Waals surface area contributed by atoms with Crippen LogP contribution in [0.5, 0.6) is 0 Å². The van der Waals surface area contributed by atoms with E-state index in [0.29, 0.717) is 11.2 Å². The van der Waals surface area contributed by atoms with Gasteiger partial charge in [0.1, 0.15) is 0 Å². The SMILES string of the molecule is CCC(CCC(C)[C@H]1CC[C@H]2[C@@H]3C=CC4=CC(=O)CC[C@]4(C)[C@H]3CC[C@]12C)=C(C)C. The van der Waals surface area contributed by atoms with Gasteiger partial charge in [0.15, 0.2) is 5.78 Å². The first-order valence-electron chi connectivity index (χ1n) is 12.8. The molecule has 0 N–H and O–H groups in total. The highest BCUT2D eigenvalue weighted by Crippen LogP contribution is 2.66. The number of ketones is 1. The fraction of sp³-hybridized carbons (Fsp3) is 0.759. The van der Waals surface area contributed by atoms with E-state index >= 15 is 0 Å². The molecule has 0 bridgehead atoms. The van der Waals surface area contributed by atoms with E-state index < -0.39 is 0 Å². The fourth-order valence-electron chi connectivity index (χ4n) is 8.36. The smallest absolute Gasteiger partial charge is 0.156 e. The van der Waals surface area contributed by atoms with Crippen LogP contribution in [0.3, 0.4) is 0 Å². The quantitative estimate of drug-likeness (QED) is 0.420. The van der Waals surface area contributed by atoms with Gasteiger partial charge in [-0.2, -0.15) is 0 Å². The minimum atomic E-state index is 0.234. The first kappa shape index (κ1) is 22.1. The molecule has 30 heavy (non-hydrogen) atoms. The van der Waals surface area contributed by atoms with Crippen molar-refractivity contribution in [1.82, 2.24) is 0 Å². The molecule has 4 rings (SSSR count). The second-order valence-electron chi connectivity index (χ2n) is 11.8. The van der Waals surface area contributed by atoms with E-state index in [1.54, 1.807) is 5.57 Å². The molecule has 7 atom stereocenters. The Bertz CT molecular complexity index is 778. The monoisotopic (exact) mass is 408 g/mol. The van der Waals surface area contributed by atoms with Gasteiger partial charge in [0.05, 0.1) is 0 Å². The molecular formula is C29H44O. The maximum absolute atomic E-state index is 12.0. The Morgan fingerprint density at radius 2 is 1.90 bits per heavy atom. The van der Waals surface area contributed by atoms with Crippen LogP contribution in [-0.2, 0) is 4.79 Å². The lowest BCUT2D eigenvalue weighted by molar-refractivity contribution is -0.116. The lowest BCUT2D eigenvalue weighted by atomic mass is 9.48. The molecule has 4 aliphatic rings. The van der Waals surface area contributed by atoms with E-state index in [-0.39, 0.29) is 5.41 Å². The topological polar surface area (TPSA) is 17.1 Å². The second-order valence-corrected chi connectivity index (χ2v) is 11.8. The van der Waals surface area contributed by atoms with Crippen LogP contribution < -0.4 is 0 Å². The molecule has 0 heterocycles. The van der Waals surface area contributed by atoms with Crippen LogP contribution in [0.1, 0.15) is 99.3 Å². The zero-order chi connectivity index (χ0) is 21.7. The Morgan fingerprint density at radius 3 is 2.60 bits per heavy atom. The zero-order valence-electron chi connectivity index (χ0n) is 20.4. The van der Waals surface area contributed by atoms with Gasteiger partial charge in [0.25, 0.3) is 0 Å². The van der Waals surface area contributed by atoms with Crippen LogP contribution in [0.4, 0.5) is 0 Å². The number of allylic oxidation sites excluding steroid dienone is 6. The van der Waals surface area contributed by atoms with Crippen molar-refractivity contribution in [3.05, 3.63) is 34.9 Å². The van der Waals surface area contributed by atoms with E-state index in [2.05, 4.69) is 53.7 Å². The molecule has 0 spiro atoms. The molecule has 1 heteroatoms. The first-order chi connectivity index (χ1) is 14.2. The Hall–Kier alpha value is -1.11. The standard InChI is InChI=1S/C29H44O/c1-7-21(19(2)3)9-8-20(4)25-12-13-26-24-11-10-22-18-23(30)14-16-28(22,5)27(24)15-17-29(25,26)6/h10-11,18,20,24-27H,7-9,12-17H2,1-6H3/t20?,24-,25+,26-,27-,28-,29+/m0/s1. The molecule has 166 valence electrons. The van der Waals surface area contributed by atoms with Crippen LogP contribution in [0, 0.1) is 40.4 Å². The van der Waals surface area contributed by atoms with Crippen molar-refractivity contribution in [2.75, 3.05) is 0 Å². The minimum absolute atomic E-state index is 0.234. The van der Waals surface area contributed by atoms with Crippen molar-refractivity contribution >= 4 is 5.78 Å². The molecule has 2 saturated carbocycles. The molecule has 0 aromatic heterocycles. The highest BCUT2D eigenvalue weighted by atomic mass is 16.1. The Balaban J connectivity index is 1.53. The minimum Gasteiger partial charge on any atom is -0.295 e. The summed E-state index contributed by atoms with van der Waals surface area (Å²) in [6.07, 6.45) is 18.1. The van der Waals surface area contributed by atoms with Gasteiger partial charge < -0.3 is 0 Å². The molecule has 0 radical (unpaired) electrons. The van der Waals surface area contributed by atoms with E-state index in [0.717, 1.165) is 42.4 Å². The predicted molar refractivity (Wildman–Crippen MR) is 127 cm³/mol.